The lowest BCUT2D eigenvalue weighted by Gasteiger charge is -2.23. The number of anilines is 1. The van der Waals surface area contributed by atoms with Crippen LogP contribution in [0.25, 0.3) is 16.9 Å². The fraction of sp³-hybridized carbons (Fsp3) is 0.258. The van der Waals surface area contributed by atoms with E-state index in [1.165, 1.54) is 28.8 Å². The highest BCUT2D eigenvalue weighted by atomic mass is 32.2. The van der Waals surface area contributed by atoms with Gasteiger partial charge in [0.1, 0.15) is 24.0 Å². The Hall–Kier alpha value is -4.02. The number of thioether (sulfide) groups is 1. The van der Waals surface area contributed by atoms with Crippen molar-refractivity contribution in [3.8, 4) is 16.9 Å². The summed E-state index contributed by atoms with van der Waals surface area (Å²) in [5.74, 6) is -1.70. The number of nitrogens with zero attached hydrogens (tertiary/aromatic N) is 3. The molecule has 1 aliphatic heterocycles. The number of amides is 2. The molecule has 4 aromatic rings. The molecule has 0 saturated carbocycles. The zero-order valence-corrected chi connectivity index (χ0v) is 23.6. The molecule has 1 aromatic heterocycles. The smallest absolute Gasteiger partial charge is 0.240 e. The highest BCUT2D eigenvalue weighted by Gasteiger charge is 2.38. The zero-order chi connectivity index (χ0) is 28.9. The molecule has 41 heavy (non-hydrogen) atoms. The van der Waals surface area contributed by atoms with Crippen molar-refractivity contribution in [1.29, 1.82) is 0 Å². The van der Waals surface area contributed by atoms with Crippen LogP contribution < -0.4 is 10.2 Å². The van der Waals surface area contributed by atoms with E-state index < -0.39 is 16.9 Å². The van der Waals surface area contributed by atoms with E-state index in [2.05, 4.69) is 5.32 Å². The molecule has 5 rings (SSSR count). The van der Waals surface area contributed by atoms with Crippen molar-refractivity contribution >= 4 is 29.4 Å². The molecular formula is C31H30F2N4O3S. The number of aryl methyl sites for hydroxylation is 1. The van der Waals surface area contributed by atoms with E-state index in [0.29, 0.717) is 42.3 Å². The molecule has 1 N–H and O–H groups in total. The Morgan fingerprint density at radius 1 is 1.10 bits per heavy atom. The third-order valence-corrected chi connectivity index (χ3v) is 8.01. The average molecular weight is 577 g/mol. The molecule has 0 spiro atoms. The van der Waals surface area contributed by atoms with Crippen LogP contribution in [0, 0.1) is 18.6 Å². The fourth-order valence-electron chi connectivity index (χ4n) is 4.87. The summed E-state index contributed by atoms with van der Waals surface area (Å²) in [5, 5.41) is 7.14. The minimum absolute atomic E-state index is 0.0187. The van der Waals surface area contributed by atoms with Gasteiger partial charge in [0.2, 0.25) is 11.8 Å². The summed E-state index contributed by atoms with van der Waals surface area (Å²) in [4.78, 5) is 28.2. The average Bonchev–Trinajstić information content (AvgIpc) is 3.29. The van der Waals surface area contributed by atoms with Crippen LogP contribution in [0.3, 0.4) is 0 Å². The number of hydrogen-bond acceptors (Lipinski definition) is 5. The summed E-state index contributed by atoms with van der Waals surface area (Å²) in [6.45, 7) is 2.60. The van der Waals surface area contributed by atoms with Crippen LogP contribution in [-0.2, 0) is 14.3 Å². The van der Waals surface area contributed by atoms with Gasteiger partial charge in [-0.05, 0) is 37.1 Å². The first-order valence-corrected chi connectivity index (χ1v) is 14.3. The van der Waals surface area contributed by atoms with Gasteiger partial charge in [0.15, 0.2) is 0 Å². The molecule has 0 aliphatic carbocycles. The summed E-state index contributed by atoms with van der Waals surface area (Å²) in [6.07, 6.45) is 0.628. The third-order valence-electron chi connectivity index (χ3n) is 6.78. The molecule has 0 bridgehead atoms. The van der Waals surface area contributed by atoms with Crippen molar-refractivity contribution in [2.24, 2.45) is 0 Å². The number of halogens is 2. The van der Waals surface area contributed by atoms with Crippen LogP contribution in [0.2, 0.25) is 0 Å². The quantitative estimate of drug-likeness (QED) is 0.268. The van der Waals surface area contributed by atoms with Crippen molar-refractivity contribution in [3.05, 3.63) is 101 Å². The maximum absolute atomic E-state index is 15.3. The molecule has 0 saturated heterocycles. The van der Waals surface area contributed by atoms with Crippen LogP contribution in [0.5, 0.6) is 0 Å². The highest BCUT2D eigenvalue weighted by molar-refractivity contribution is 8.00. The normalized spacial score (nSPS) is 15.0. The van der Waals surface area contributed by atoms with Crippen molar-refractivity contribution in [2.45, 2.75) is 18.6 Å². The molecule has 2 heterocycles. The van der Waals surface area contributed by atoms with E-state index in [1.54, 1.807) is 11.8 Å². The van der Waals surface area contributed by atoms with Crippen LogP contribution in [-0.4, -0.2) is 54.2 Å². The molecule has 10 heteroatoms. The summed E-state index contributed by atoms with van der Waals surface area (Å²) >= 11 is 1.23. The lowest BCUT2D eigenvalue weighted by Crippen LogP contribution is -2.42. The number of benzene rings is 3. The van der Waals surface area contributed by atoms with E-state index in [4.69, 9.17) is 9.84 Å². The van der Waals surface area contributed by atoms with Crippen molar-refractivity contribution in [2.75, 3.05) is 37.5 Å². The van der Waals surface area contributed by atoms with Gasteiger partial charge in [0.25, 0.3) is 0 Å². The van der Waals surface area contributed by atoms with Crippen LogP contribution >= 0.6 is 11.8 Å². The van der Waals surface area contributed by atoms with Crippen LogP contribution in [0.15, 0.2) is 72.8 Å². The van der Waals surface area contributed by atoms with Crippen LogP contribution in [0.4, 0.5) is 14.6 Å². The van der Waals surface area contributed by atoms with E-state index in [-0.39, 0.29) is 29.7 Å². The number of methoxy groups -OCH3 is 1. The monoisotopic (exact) mass is 576 g/mol. The standard InChI is InChI=1S/C31H30F2N4O3S/c1-20-8-6-11-23(16-20)37-31-28(29(35-37)21-9-4-3-5-10-21)30(24-13-12-22(32)17-25(24)33)41-19-27(39)36(31)18-26(38)34-14-7-15-40-2/h3-6,8-13,16-17,30H,7,14-15,18-19H2,1-2H3,(H,34,38)/t30-/m1/s1. The SMILES string of the molecule is COCCCNC(=O)CN1C(=O)CS[C@H](c2ccc(F)cc2F)c2c(-c3ccccc3)nn(-c3cccc(C)c3)c21. The number of rotatable bonds is 9. The number of aromatic nitrogens is 2. The minimum Gasteiger partial charge on any atom is -0.385 e. The van der Waals surface area contributed by atoms with Gasteiger partial charge in [-0.15, -0.1) is 11.8 Å². The van der Waals surface area contributed by atoms with E-state index in [0.717, 1.165) is 17.2 Å². The van der Waals surface area contributed by atoms with E-state index in [9.17, 15) is 14.0 Å². The lowest BCUT2D eigenvalue weighted by molar-refractivity contribution is -0.122. The van der Waals surface area contributed by atoms with Crippen molar-refractivity contribution < 1.29 is 23.1 Å². The third kappa shape index (κ3) is 6.18. The molecule has 1 aliphatic rings. The fourth-order valence-corrected chi connectivity index (χ4v) is 6.09. The van der Waals surface area contributed by atoms with E-state index >= 15 is 4.39 Å². The number of nitrogens with one attached hydrogen (secondary N) is 1. The Kier molecular flexibility index (Phi) is 8.80. The number of ether oxygens (including phenoxy) is 1. The van der Waals surface area contributed by atoms with Gasteiger partial charge in [0, 0.05) is 43.0 Å². The van der Waals surface area contributed by atoms with Gasteiger partial charge in [-0.25, -0.2) is 13.5 Å². The van der Waals surface area contributed by atoms with Gasteiger partial charge in [-0.1, -0.05) is 48.5 Å². The minimum atomic E-state index is -0.715. The van der Waals surface area contributed by atoms with Gasteiger partial charge in [-0.2, -0.15) is 5.10 Å². The second-order valence-corrected chi connectivity index (χ2v) is 10.8. The first kappa shape index (κ1) is 28.5. The molecular weight excluding hydrogens is 546 g/mol. The second kappa shape index (κ2) is 12.7. The maximum atomic E-state index is 15.3. The predicted octanol–water partition coefficient (Wildman–Crippen LogP) is 5.45. The summed E-state index contributed by atoms with van der Waals surface area (Å²) in [7, 11) is 1.59. The zero-order valence-electron chi connectivity index (χ0n) is 22.8. The lowest BCUT2D eigenvalue weighted by atomic mass is 9.99. The highest BCUT2D eigenvalue weighted by Crippen LogP contribution is 2.49. The van der Waals surface area contributed by atoms with Crippen LogP contribution in [0.1, 0.15) is 28.4 Å². The first-order chi connectivity index (χ1) is 19.9. The number of carbonyl (C=O) groups excluding carboxylic acids is 2. The van der Waals surface area contributed by atoms with Gasteiger partial charge < -0.3 is 10.1 Å². The largest absolute Gasteiger partial charge is 0.385 e. The van der Waals surface area contributed by atoms with Crippen molar-refractivity contribution in [1.82, 2.24) is 15.1 Å². The molecule has 0 unspecified atom stereocenters. The molecule has 3 aromatic carbocycles. The molecule has 1 atom stereocenters. The Bertz CT molecular complexity index is 1560. The number of hydrogen-bond donors (Lipinski definition) is 1. The first-order valence-electron chi connectivity index (χ1n) is 13.2. The number of carbonyl (C=O) groups is 2. The molecule has 0 fully saturated rings. The second-order valence-electron chi connectivity index (χ2n) is 9.74. The van der Waals surface area contributed by atoms with Gasteiger partial charge >= 0.3 is 0 Å². The van der Waals surface area contributed by atoms with Gasteiger partial charge in [0.05, 0.1) is 22.4 Å². The molecule has 0 radical (unpaired) electrons. The molecule has 2 amide bonds. The Balaban J connectivity index is 1.73. The van der Waals surface area contributed by atoms with Gasteiger partial charge in [-0.3, -0.25) is 14.5 Å². The number of fused-ring (bicyclic) bond motifs is 1. The summed E-state index contributed by atoms with van der Waals surface area (Å²) in [6, 6.07) is 20.5. The topological polar surface area (TPSA) is 76.5 Å². The molecule has 7 nitrogen and oxygen atoms in total. The Morgan fingerprint density at radius 3 is 2.63 bits per heavy atom. The van der Waals surface area contributed by atoms with E-state index in [1.807, 2.05) is 61.5 Å². The maximum Gasteiger partial charge on any atom is 0.240 e. The Morgan fingerprint density at radius 2 is 1.90 bits per heavy atom. The predicted molar refractivity (Wildman–Crippen MR) is 156 cm³/mol. The molecule has 212 valence electrons. The Labute approximate surface area is 241 Å². The van der Waals surface area contributed by atoms with Crippen molar-refractivity contribution in [3.63, 3.8) is 0 Å². The summed E-state index contributed by atoms with van der Waals surface area (Å²) in [5.41, 5.74) is 3.78. The summed E-state index contributed by atoms with van der Waals surface area (Å²) < 4.78 is 36.0.